The van der Waals surface area contributed by atoms with Gasteiger partial charge >= 0.3 is 6.36 Å². The third kappa shape index (κ3) is 3.82. The van der Waals surface area contributed by atoms with Crippen molar-refractivity contribution in [3.63, 3.8) is 0 Å². The number of benzene rings is 1. The zero-order valence-corrected chi connectivity index (χ0v) is 10.9. The van der Waals surface area contributed by atoms with Crippen LogP contribution in [0.25, 0.3) is 11.1 Å². The van der Waals surface area contributed by atoms with Crippen LogP contribution in [-0.2, 0) is 0 Å². The van der Waals surface area contributed by atoms with Crippen LogP contribution in [0.4, 0.5) is 18.9 Å². The number of nitro groups is 1. The minimum Gasteiger partial charge on any atom is -0.406 e. The third-order valence-electron chi connectivity index (χ3n) is 2.41. The highest BCUT2D eigenvalue weighted by atomic mass is 35.5. The summed E-state index contributed by atoms with van der Waals surface area (Å²) in [4.78, 5) is 13.7. The first-order chi connectivity index (χ1) is 9.76. The predicted molar refractivity (Wildman–Crippen MR) is 68.0 cm³/mol. The molecule has 1 aromatic carbocycles. The van der Waals surface area contributed by atoms with Crippen LogP contribution in [-0.4, -0.2) is 16.3 Å². The van der Waals surface area contributed by atoms with E-state index in [1.165, 1.54) is 12.1 Å². The summed E-state index contributed by atoms with van der Waals surface area (Å²) in [5.41, 5.74) is 0.0352. The van der Waals surface area contributed by atoms with Crippen molar-refractivity contribution in [2.24, 2.45) is 0 Å². The van der Waals surface area contributed by atoms with E-state index in [0.29, 0.717) is 0 Å². The topological polar surface area (TPSA) is 65.3 Å². The van der Waals surface area contributed by atoms with Crippen LogP contribution in [0, 0.1) is 10.1 Å². The number of rotatable bonds is 3. The first-order valence-corrected chi connectivity index (χ1v) is 5.80. The fourth-order valence-corrected chi connectivity index (χ4v) is 1.81. The van der Waals surface area contributed by atoms with Crippen LogP contribution in [0.1, 0.15) is 0 Å². The molecule has 2 aromatic rings. The number of alkyl halides is 3. The van der Waals surface area contributed by atoms with Gasteiger partial charge in [-0.3, -0.25) is 10.1 Å². The normalized spacial score (nSPS) is 11.2. The van der Waals surface area contributed by atoms with Gasteiger partial charge in [0.15, 0.2) is 0 Å². The van der Waals surface area contributed by atoms with Gasteiger partial charge in [-0.05, 0) is 17.7 Å². The van der Waals surface area contributed by atoms with Gasteiger partial charge in [0, 0.05) is 11.6 Å². The number of nitrogens with zero attached hydrogens (tertiary/aromatic N) is 2. The molecule has 0 amide bonds. The molecule has 21 heavy (non-hydrogen) atoms. The van der Waals surface area contributed by atoms with Crippen LogP contribution in [0.3, 0.4) is 0 Å². The lowest BCUT2D eigenvalue weighted by atomic mass is 10.1. The number of hydrogen-bond acceptors (Lipinski definition) is 4. The van der Waals surface area contributed by atoms with Gasteiger partial charge in [-0.15, -0.1) is 13.2 Å². The van der Waals surface area contributed by atoms with Gasteiger partial charge < -0.3 is 4.74 Å². The number of hydrogen-bond donors (Lipinski definition) is 0. The van der Waals surface area contributed by atoms with Gasteiger partial charge in [-0.1, -0.05) is 23.7 Å². The van der Waals surface area contributed by atoms with Crippen molar-refractivity contribution in [1.82, 2.24) is 4.98 Å². The molecule has 1 aromatic heterocycles. The molecule has 0 spiro atoms. The molecule has 0 fully saturated rings. The van der Waals surface area contributed by atoms with E-state index in [-0.39, 0.29) is 22.0 Å². The molecule has 0 radical (unpaired) electrons. The number of pyridine rings is 1. The fourth-order valence-electron chi connectivity index (χ4n) is 1.60. The van der Waals surface area contributed by atoms with Crippen LogP contribution in [0.15, 0.2) is 36.5 Å². The van der Waals surface area contributed by atoms with Crippen LogP contribution in [0.2, 0.25) is 5.15 Å². The standard InChI is InChI=1S/C12H6ClF3N2O3/c13-11-10(5-8(6-17-11)18(19)20)7-2-1-3-9(4-7)21-12(14,15)16/h1-6H. The lowest BCUT2D eigenvalue weighted by molar-refractivity contribution is -0.385. The molecule has 5 nitrogen and oxygen atoms in total. The highest BCUT2D eigenvalue weighted by Gasteiger charge is 2.31. The molecule has 2 rings (SSSR count). The molecule has 0 bridgehead atoms. The summed E-state index contributed by atoms with van der Waals surface area (Å²) >= 11 is 5.82. The zero-order valence-electron chi connectivity index (χ0n) is 10.1. The molecular formula is C12H6ClF3N2O3. The second-order valence-corrected chi connectivity index (χ2v) is 4.22. The Morgan fingerprint density at radius 3 is 2.62 bits per heavy atom. The highest BCUT2D eigenvalue weighted by molar-refractivity contribution is 6.32. The van der Waals surface area contributed by atoms with E-state index in [1.54, 1.807) is 0 Å². The first kappa shape index (κ1) is 15.0. The Morgan fingerprint density at radius 1 is 1.29 bits per heavy atom. The van der Waals surface area contributed by atoms with Crippen molar-refractivity contribution in [3.05, 3.63) is 51.8 Å². The lowest BCUT2D eigenvalue weighted by Gasteiger charge is -2.10. The molecule has 0 aliphatic rings. The van der Waals surface area contributed by atoms with Gasteiger partial charge in [0.05, 0.1) is 4.92 Å². The van der Waals surface area contributed by atoms with Gasteiger partial charge in [-0.2, -0.15) is 0 Å². The molecule has 0 saturated carbocycles. The molecule has 1 heterocycles. The van der Waals surface area contributed by atoms with E-state index in [2.05, 4.69) is 9.72 Å². The van der Waals surface area contributed by atoms with Crippen molar-refractivity contribution in [3.8, 4) is 16.9 Å². The lowest BCUT2D eigenvalue weighted by Crippen LogP contribution is -2.17. The third-order valence-corrected chi connectivity index (χ3v) is 2.72. The summed E-state index contributed by atoms with van der Waals surface area (Å²) in [7, 11) is 0. The molecule has 0 atom stereocenters. The quantitative estimate of drug-likeness (QED) is 0.483. The molecule has 0 aliphatic carbocycles. The van der Waals surface area contributed by atoms with Crippen LogP contribution < -0.4 is 4.74 Å². The summed E-state index contributed by atoms with van der Waals surface area (Å²) in [6, 6.07) is 6.05. The molecular weight excluding hydrogens is 313 g/mol. The average Bonchev–Trinajstić information content (AvgIpc) is 2.37. The van der Waals surface area contributed by atoms with E-state index in [1.807, 2.05) is 0 Å². The fraction of sp³-hybridized carbons (Fsp3) is 0.0833. The van der Waals surface area contributed by atoms with E-state index >= 15 is 0 Å². The maximum atomic E-state index is 12.2. The van der Waals surface area contributed by atoms with Crippen molar-refractivity contribution in [2.75, 3.05) is 0 Å². The smallest absolute Gasteiger partial charge is 0.406 e. The molecule has 110 valence electrons. The van der Waals surface area contributed by atoms with E-state index in [9.17, 15) is 23.3 Å². The Bertz CT molecular complexity index is 692. The molecule has 0 unspecified atom stereocenters. The Kier molecular flexibility index (Phi) is 3.99. The van der Waals surface area contributed by atoms with E-state index < -0.39 is 17.0 Å². The molecule has 9 heteroatoms. The van der Waals surface area contributed by atoms with Crippen molar-refractivity contribution < 1.29 is 22.8 Å². The summed E-state index contributed by atoms with van der Waals surface area (Å²) in [6.45, 7) is 0. The summed E-state index contributed by atoms with van der Waals surface area (Å²) in [5, 5.41) is 10.6. The van der Waals surface area contributed by atoms with Crippen molar-refractivity contribution in [1.29, 1.82) is 0 Å². The Balaban J connectivity index is 2.45. The number of aromatic nitrogens is 1. The van der Waals surface area contributed by atoms with Gasteiger partial charge in [-0.25, -0.2) is 4.98 Å². The summed E-state index contributed by atoms with van der Waals surface area (Å²) in [6.07, 6.45) is -3.87. The monoisotopic (exact) mass is 318 g/mol. The summed E-state index contributed by atoms with van der Waals surface area (Å²) in [5.74, 6) is -0.456. The zero-order chi connectivity index (χ0) is 15.6. The minimum absolute atomic E-state index is 0.0650. The SMILES string of the molecule is O=[N+]([O-])c1cnc(Cl)c(-c2cccc(OC(F)(F)F)c2)c1. The molecule has 0 N–H and O–H groups in total. The molecule has 0 aliphatic heterocycles. The van der Waals surface area contributed by atoms with Gasteiger partial charge in [0.2, 0.25) is 0 Å². The first-order valence-electron chi connectivity index (χ1n) is 5.42. The Hall–Kier alpha value is -2.35. The maximum Gasteiger partial charge on any atom is 0.573 e. The largest absolute Gasteiger partial charge is 0.573 e. The summed E-state index contributed by atoms with van der Waals surface area (Å²) < 4.78 is 40.3. The van der Waals surface area contributed by atoms with Crippen LogP contribution >= 0.6 is 11.6 Å². The van der Waals surface area contributed by atoms with Gasteiger partial charge in [0.25, 0.3) is 5.69 Å². The van der Waals surface area contributed by atoms with E-state index in [4.69, 9.17) is 11.6 Å². The number of halogens is 4. The molecule has 0 saturated heterocycles. The van der Waals surface area contributed by atoms with Crippen molar-refractivity contribution >= 4 is 17.3 Å². The Labute approximate surface area is 121 Å². The second kappa shape index (κ2) is 5.57. The number of ether oxygens (including phenoxy) is 1. The highest BCUT2D eigenvalue weighted by Crippen LogP contribution is 2.32. The maximum absolute atomic E-state index is 12.2. The van der Waals surface area contributed by atoms with Crippen LogP contribution in [0.5, 0.6) is 5.75 Å². The Morgan fingerprint density at radius 2 is 2.00 bits per heavy atom. The van der Waals surface area contributed by atoms with E-state index in [0.717, 1.165) is 24.4 Å². The average molecular weight is 319 g/mol. The van der Waals surface area contributed by atoms with Gasteiger partial charge in [0.1, 0.15) is 17.1 Å². The minimum atomic E-state index is -4.83. The second-order valence-electron chi connectivity index (χ2n) is 3.86. The van der Waals surface area contributed by atoms with Crippen molar-refractivity contribution in [2.45, 2.75) is 6.36 Å². The predicted octanol–water partition coefficient (Wildman–Crippen LogP) is 4.21.